The lowest BCUT2D eigenvalue weighted by molar-refractivity contribution is -0.137. The van der Waals surface area contributed by atoms with Gasteiger partial charge in [-0.05, 0) is 18.1 Å². The highest BCUT2D eigenvalue weighted by molar-refractivity contribution is 5.97. The smallest absolute Gasteiger partial charge is 0.303 e. The molecule has 0 amide bonds. The van der Waals surface area contributed by atoms with E-state index >= 15 is 0 Å². The van der Waals surface area contributed by atoms with Gasteiger partial charge in [0, 0.05) is 6.42 Å². The maximum absolute atomic E-state index is 11.5. The summed E-state index contributed by atoms with van der Waals surface area (Å²) in [5.41, 5.74) is 6.47. The first-order chi connectivity index (χ1) is 8.09. The van der Waals surface area contributed by atoms with E-state index in [0.717, 1.165) is 5.56 Å². The summed E-state index contributed by atoms with van der Waals surface area (Å²) < 4.78 is 0. The molecule has 4 heteroatoms. The summed E-state index contributed by atoms with van der Waals surface area (Å²) in [6, 6.07) is 8.62. The zero-order valence-corrected chi connectivity index (χ0v) is 9.37. The molecule has 3 N–H and O–H groups in total. The van der Waals surface area contributed by atoms with E-state index < -0.39 is 12.0 Å². The second-order valence-corrected chi connectivity index (χ2v) is 3.69. The van der Waals surface area contributed by atoms with Crippen molar-refractivity contribution in [1.29, 1.82) is 0 Å². The quantitative estimate of drug-likeness (QED) is 0.729. The van der Waals surface area contributed by atoms with Crippen LogP contribution in [0.1, 0.15) is 18.4 Å². The number of rotatable bonds is 6. The zero-order chi connectivity index (χ0) is 12.7. The number of hydrogen-bond donors (Lipinski definition) is 2. The molecular weight excluding hydrogens is 218 g/mol. The molecule has 0 heterocycles. The largest absolute Gasteiger partial charge is 0.481 e. The van der Waals surface area contributed by atoms with Crippen LogP contribution in [0.3, 0.4) is 0 Å². The second-order valence-electron chi connectivity index (χ2n) is 3.69. The van der Waals surface area contributed by atoms with E-state index in [1.807, 2.05) is 30.3 Å². The first-order valence-electron chi connectivity index (χ1n) is 5.34. The van der Waals surface area contributed by atoms with Crippen LogP contribution in [-0.4, -0.2) is 22.9 Å². The Morgan fingerprint density at radius 3 is 2.53 bits per heavy atom. The Balaban J connectivity index is 2.48. The zero-order valence-electron chi connectivity index (χ0n) is 9.37. The molecule has 0 aromatic heterocycles. The van der Waals surface area contributed by atoms with Gasteiger partial charge in [-0.1, -0.05) is 36.4 Å². The Bertz CT molecular complexity index is 412. The van der Waals surface area contributed by atoms with Crippen molar-refractivity contribution < 1.29 is 14.7 Å². The van der Waals surface area contributed by atoms with Gasteiger partial charge in [0.15, 0.2) is 5.78 Å². The molecule has 0 aliphatic rings. The van der Waals surface area contributed by atoms with Crippen molar-refractivity contribution >= 4 is 17.8 Å². The Morgan fingerprint density at radius 1 is 1.29 bits per heavy atom. The van der Waals surface area contributed by atoms with Gasteiger partial charge in [0.05, 0.1) is 6.04 Å². The van der Waals surface area contributed by atoms with Crippen LogP contribution >= 0.6 is 0 Å². The Labute approximate surface area is 99.8 Å². The molecule has 0 aliphatic carbocycles. The van der Waals surface area contributed by atoms with Crippen molar-refractivity contribution in [2.24, 2.45) is 5.73 Å². The molecule has 0 saturated carbocycles. The lowest BCUT2D eigenvalue weighted by Gasteiger charge is -2.04. The highest BCUT2D eigenvalue weighted by atomic mass is 16.4. The molecular formula is C13H15NO3. The van der Waals surface area contributed by atoms with Crippen molar-refractivity contribution in [1.82, 2.24) is 0 Å². The maximum atomic E-state index is 11.5. The third kappa shape index (κ3) is 5.08. The van der Waals surface area contributed by atoms with Crippen LogP contribution in [0, 0.1) is 0 Å². The molecule has 0 aliphatic heterocycles. The SMILES string of the molecule is NC(CCC(=O)O)C(=O)/C=C/c1ccccc1. The van der Waals surface area contributed by atoms with Crippen molar-refractivity contribution in [3.63, 3.8) is 0 Å². The van der Waals surface area contributed by atoms with E-state index in [-0.39, 0.29) is 18.6 Å². The van der Waals surface area contributed by atoms with Gasteiger partial charge in [-0.25, -0.2) is 0 Å². The van der Waals surface area contributed by atoms with Crippen LogP contribution in [0.5, 0.6) is 0 Å². The standard InChI is InChI=1S/C13H15NO3/c14-11(7-9-13(16)17)12(15)8-6-10-4-2-1-3-5-10/h1-6,8,11H,7,9,14H2,(H,16,17)/b8-6+. The average molecular weight is 233 g/mol. The Morgan fingerprint density at radius 2 is 1.94 bits per heavy atom. The maximum Gasteiger partial charge on any atom is 0.303 e. The van der Waals surface area contributed by atoms with E-state index in [9.17, 15) is 9.59 Å². The Kier molecular flexibility index (Phi) is 5.10. The fraction of sp³-hybridized carbons (Fsp3) is 0.231. The summed E-state index contributed by atoms with van der Waals surface area (Å²) in [5, 5.41) is 8.47. The predicted octanol–water partition coefficient (Wildman–Crippen LogP) is 1.46. The van der Waals surface area contributed by atoms with Crippen molar-refractivity contribution in [3.8, 4) is 0 Å². The molecule has 1 unspecified atom stereocenters. The van der Waals surface area contributed by atoms with Gasteiger partial charge in [0.1, 0.15) is 0 Å². The van der Waals surface area contributed by atoms with E-state index in [0.29, 0.717) is 0 Å². The van der Waals surface area contributed by atoms with E-state index in [1.54, 1.807) is 6.08 Å². The van der Waals surface area contributed by atoms with Crippen molar-refractivity contribution in [2.45, 2.75) is 18.9 Å². The average Bonchev–Trinajstić information content (AvgIpc) is 2.34. The van der Waals surface area contributed by atoms with Crippen LogP contribution in [0.2, 0.25) is 0 Å². The molecule has 17 heavy (non-hydrogen) atoms. The minimum absolute atomic E-state index is 0.0912. The molecule has 0 saturated heterocycles. The highest BCUT2D eigenvalue weighted by Crippen LogP contribution is 2.03. The first-order valence-corrected chi connectivity index (χ1v) is 5.34. The molecule has 0 fully saturated rings. The number of nitrogens with two attached hydrogens (primary N) is 1. The summed E-state index contributed by atoms with van der Waals surface area (Å²) in [6.07, 6.45) is 3.13. The minimum Gasteiger partial charge on any atom is -0.481 e. The van der Waals surface area contributed by atoms with Gasteiger partial charge in [0.2, 0.25) is 0 Å². The van der Waals surface area contributed by atoms with E-state index in [4.69, 9.17) is 10.8 Å². The molecule has 1 aromatic carbocycles. The summed E-state index contributed by atoms with van der Waals surface area (Å²) in [5.74, 6) is -1.20. The van der Waals surface area contributed by atoms with E-state index in [1.165, 1.54) is 6.08 Å². The molecule has 1 aromatic rings. The van der Waals surface area contributed by atoms with Crippen LogP contribution in [0.4, 0.5) is 0 Å². The molecule has 90 valence electrons. The van der Waals surface area contributed by atoms with Gasteiger partial charge >= 0.3 is 5.97 Å². The van der Waals surface area contributed by atoms with Crippen LogP contribution < -0.4 is 5.73 Å². The first kappa shape index (κ1) is 13.1. The molecule has 4 nitrogen and oxygen atoms in total. The van der Waals surface area contributed by atoms with Crippen molar-refractivity contribution in [3.05, 3.63) is 42.0 Å². The summed E-state index contributed by atoms with van der Waals surface area (Å²) in [4.78, 5) is 21.8. The molecule has 0 spiro atoms. The predicted molar refractivity (Wildman–Crippen MR) is 65.3 cm³/mol. The Hall–Kier alpha value is -1.94. The van der Waals surface area contributed by atoms with Gasteiger partial charge in [-0.2, -0.15) is 0 Å². The molecule has 1 rings (SSSR count). The third-order valence-electron chi connectivity index (χ3n) is 2.27. The number of hydrogen-bond acceptors (Lipinski definition) is 3. The lowest BCUT2D eigenvalue weighted by Crippen LogP contribution is -2.29. The van der Waals surface area contributed by atoms with Gasteiger partial charge in [-0.15, -0.1) is 0 Å². The fourth-order valence-corrected chi connectivity index (χ4v) is 1.29. The molecule has 0 radical (unpaired) electrons. The summed E-state index contributed by atoms with van der Waals surface area (Å²) in [7, 11) is 0. The van der Waals surface area contributed by atoms with Crippen LogP contribution in [0.15, 0.2) is 36.4 Å². The molecule has 1 atom stereocenters. The van der Waals surface area contributed by atoms with Gasteiger partial charge in [0.25, 0.3) is 0 Å². The third-order valence-corrected chi connectivity index (χ3v) is 2.27. The normalized spacial score (nSPS) is 12.5. The van der Waals surface area contributed by atoms with Gasteiger partial charge < -0.3 is 10.8 Å². The summed E-state index contributed by atoms with van der Waals surface area (Å²) >= 11 is 0. The fourth-order valence-electron chi connectivity index (χ4n) is 1.29. The number of carbonyl (C=O) groups excluding carboxylic acids is 1. The van der Waals surface area contributed by atoms with Crippen LogP contribution in [-0.2, 0) is 9.59 Å². The number of carboxylic acid groups (broad SMARTS) is 1. The summed E-state index contributed by atoms with van der Waals surface area (Å²) in [6.45, 7) is 0. The lowest BCUT2D eigenvalue weighted by atomic mass is 10.1. The highest BCUT2D eigenvalue weighted by Gasteiger charge is 2.11. The molecule has 0 bridgehead atoms. The number of aliphatic carboxylic acids is 1. The minimum atomic E-state index is -0.944. The second kappa shape index (κ2) is 6.60. The number of benzene rings is 1. The monoisotopic (exact) mass is 233 g/mol. The topological polar surface area (TPSA) is 80.4 Å². The van der Waals surface area contributed by atoms with E-state index in [2.05, 4.69) is 0 Å². The van der Waals surface area contributed by atoms with Crippen LogP contribution in [0.25, 0.3) is 6.08 Å². The van der Waals surface area contributed by atoms with Gasteiger partial charge in [-0.3, -0.25) is 9.59 Å². The van der Waals surface area contributed by atoms with Crippen molar-refractivity contribution in [2.75, 3.05) is 0 Å². The number of carbonyl (C=O) groups is 2. The number of ketones is 1. The number of carboxylic acids is 1.